The minimum absolute atomic E-state index is 0.0960. The second kappa shape index (κ2) is 7.44. The van der Waals surface area contributed by atoms with Crippen LogP contribution in [0.4, 0.5) is 11.4 Å². The minimum Gasteiger partial charge on any atom is -0.372 e. The van der Waals surface area contributed by atoms with Crippen molar-refractivity contribution in [3.63, 3.8) is 0 Å². The van der Waals surface area contributed by atoms with E-state index in [9.17, 15) is 10.1 Å². The molecule has 3 aromatic rings. The monoisotopic (exact) mass is 353 g/mol. The number of anilines is 1. The predicted octanol–water partition coefficient (Wildman–Crippen LogP) is 5.22. The van der Waals surface area contributed by atoms with Crippen LogP contribution in [-0.2, 0) is 0 Å². The van der Waals surface area contributed by atoms with E-state index in [4.69, 9.17) is 0 Å². The van der Waals surface area contributed by atoms with E-state index in [1.165, 1.54) is 23.1 Å². The van der Waals surface area contributed by atoms with Gasteiger partial charge in [0.15, 0.2) is 0 Å². The fraction of sp³-hybridized carbons (Fsp3) is 0.211. The van der Waals surface area contributed by atoms with Gasteiger partial charge in [-0.25, -0.2) is 4.98 Å². The van der Waals surface area contributed by atoms with E-state index in [1.807, 2.05) is 12.2 Å². The SMILES string of the molecule is CCN(CC)c1ccc(C=Cc2nc3ccc([N+](=O)[O-])cc3s2)cc1. The Hall–Kier alpha value is -2.73. The fourth-order valence-electron chi connectivity index (χ4n) is 2.67. The van der Waals surface area contributed by atoms with E-state index < -0.39 is 0 Å². The molecular weight excluding hydrogens is 334 g/mol. The molecule has 0 saturated carbocycles. The van der Waals surface area contributed by atoms with Crippen molar-refractivity contribution in [1.29, 1.82) is 0 Å². The van der Waals surface area contributed by atoms with Gasteiger partial charge >= 0.3 is 0 Å². The lowest BCUT2D eigenvalue weighted by Crippen LogP contribution is -2.21. The number of nitro benzene ring substituents is 1. The first-order valence-corrected chi connectivity index (χ1v) is 9.00. The number of benzene rings is 2. The largest absolute Gasteiger partial charge is 0.372 e. The second-order valence-electron chi connectivity index (χ2n) is 5.56. The highest BCUT2D eigenvalue weighted by Crippen LogP contribution is 2.27. The Balaban J connectivity index is 1.79. The van der Waals surface area contributed by atoms with E-state index in [2.05, 4.69) is 48.0 Å². The third-order valence-electron chi connectivity index (χ3n) is 4.04. The molecule has 0 spiro atoms. The molecule has 0 atom stereocenters. The van der Waals surface area contributed by atoms with Gasteiger partial charge in [0, 0.05) is 30.9 Å². The van der Waals surface area contributed by atoms with Crippen molar-refractivity contribution >= 4 is 45.1 Å². The second-order valence-corrected chi connectivity index (χ2v) is 6.62. The van der Waals surface area contributed by atoms with Crippen LogP contribution in [0.5, 0.6) is 0 Å². The summed E-state index contributed by atoms with van der Waals surface area (Å²) in [5, 5.41) is 11.7. The Morgan fingerprint density at radius 1 is 1.12 bits per heavy atom. The number of nitrogens with zero attached hydrogens (tertiary/aromatic N) is 3. The highest BCUT2D eigenvalue weighted by atomic mass is 32.1. The van der Waals surface area contributed by atoms with Crippen LogP contribution in [0, 0.1) is 10.1 Å². The molecule has 0 saturated heterocycles. The molecule has 1 heterocycles. The molecule has 0 aliphatic rings. The highest BCUT2D eigenvalue weighted by molar-refractivity contribution is 7.19. The maximum Gasteiger partial charge on any atom is 0.270 e. The molecule has 0 aliphatic carbocycles. The zero-order valence-corrected chi connectivity index (χ0v) is 15.0. The summed E-state index contributed by atoms with van der Waals surface area (Å²) < 4.78 is 0.825. The summed E-state index contributed by atoms with van der Waals surface area (Å²) >= 11 is 1.45. The van der Waals surface area contributed by atoms with Crippen LogP contribution >= 0.6 is 11.3 Å². The summed E-state index contributed by atoms with van der Waals surface area (Å²) in [5.41, 5.74) is 3.20. The third-order valence-corrected chi connectivity index (χ3v) is 5.02. The molecule has 1 aromatic heterocycles. The number of nitro groups is 1. The normalized spacial score (nSPS) is 11.3. The van der Waals surface area contributed by atoms with Crippen molar-refractivity contribution < 1.29 is 4.92 Å². The van der Waals surface area contributed by atoms with Crippen molar-refractivity contribution in [2.45, 2.75) is 13.8 Å². The molecule has 128 valence electrons. The first kappa shape index (κ1) is 17.1. The van der Waals surface area contributed by atoms with E-state index >= 15 is 0 Å². The number of hydrogen-bond acceptors (Lipinski definition) is 5. The van der Waals surface area contributed by atoms with Gasteiger partial charge in [0.05, 0.1) is 15.1 Å². The van der Waals surface area contributed by atoms with Gasteiger partial charge in [0.25, 0.3) is 5.69 Å². The summed E-state index contributed by atoms with van der Waals surface area (Å²) in [7, 11) is 0. The zero-order valence-electron chi connectivity index (χ0n) is 14.2. The Bertz CT molecular complexity index is 912. The van der Waals surface area contributed by atoms with E-state index in [0.29, 0.717) is 0 Å². The van der Waals surface area contributed by atoms with Crippen LogP contribution in [0.3, 0.4) is 0 Å². The van der Waals surface area contributed by atoms with Crippen LogP contribution in [0.25, 0.3) is 22.4 Å². The number of non-ortho nitro benzene ring substituents is 1. The lowest BCUT2D eigenvalue weighted by Gasteiger charge is -2.20. The summed E-state index contributed by atoms with van der Waals surface area (Å²) in [5.74, 6) is 0. The average molecular weight is 353 g/mol. The maximum atomic E-state index is 10.9. The van der Waals surface area contributed by atoms with Gasteiger partial charge in [0.1, 0.15) is 5.01 Å². The topological polar surface area (TPSA) is 59.3 Å². The van der Waals surface area contributed by atoms with Gasteiger partial charge in [-0.3, -0.25) is 10.1 Å². The van der Waals surface area contributed by atoms with E-state index in [1.54, 1.807) is 12.1 Å². The Morgan fingerprint density at radius 2 is 1.84 bits per heavy atom. The number of rotatable bonds is 6. The first-order valence-electron chi connectivity index (χ1n) is 8.18. The summed E-state index contributed by atoms with van der Waals surface area (Å²) in [6, 6.07) is 13.2. The van der Waals surface area contributed by atoms with Crippen LogP contribution < -0.4 is 4.90 Å². The molecule has 0 amide bonds. The number of thiazole rings is 1. The smallest absolute Gasteiger partial charge is 0.270 e. The quantitative estimate of drug-likeness (QED) is 0.450. The molecule has 6 heteroatoms. The molecule has 0 N–H and O–H groups in total. The van der Waals surface area contributed by atoms with Gasteiger partial charge in [-0.05, 0) is 43.7 Å². The Labute approximate surface area is 150 Å². The van der Waals surface area contributed by atoms with Crippen molar-refractivity contribution in [3.05, 3.63) is 63.1 Å². The molecule has 0 aliphatic heterocycles. The lowest BCUT2D eigenvalue weighted by molar-refractivity contribution is -0.384. The molecule has 0 radical (unpaired) electrons. The first-order chi connectivity index (χ1) is 12.1. The molecule has 2 aromatic carbocycles. The van der Waals surface area contributed by atoms with E-state index in [0.717, 1.165) is 33.9 Å². The lowest BCUT2D eigenvalue weighted by atomic mass is 10.2. The number of fused-ring (bicyclic) bond motifs is 1. The molecule has 0 unspecified atom stereocenters. The van der Waals surface area contributed by atoms with Crippen LogP contribution in [0.15, 0.2) is 42.5 Å². The standard InChI is InChI=1S/C19H19N3O2S/c1-3-21(4-2)15-8-5-14(6-9-15)7-12-19-20-17-11-10-16(22(23)24)13-18(17)25-19/h5-13H,3-4H2,1-2H3. The van der Waals surface area contributed by atoms with Gasteiger partial charge in [-0.2, -0.15) is 0 Å². The third kappa shape index (κ3) is 3.85. The molecular formula is C19H19N3O2S. The minimum atomic E-state index is -0.383. The van der Waals surface area contributed by atoms with Gasteiger partial charge in [-0.15, -0.1) is 11.3 Å². The van der Waals surface area contributed by atoms with Gasteiger partial charge < -0.3 is 4.90 Å². The van der Waals surface area contributed by atoms with Crippen LogP contribution in [-0.4, -0.2) is 23.0 Å². The number of hydrogen-bond donors (Lipinski definition) is 0. The molecule has 0 fully saturated rings. The van der Waals surface area contributed by atoms with Crippen molar-refractivity contribution in [1.82, 2.24) is 4.98 Å². The fourth-order valence-corrected chi connectivity index (χ4v) is 3.57. The van der Waals surface area contributed by atoms with Crippen LogP contribution in [0.2, 0.25) is 0 Å². The van der Waals surface area contributed by atoms with E-state index in [-0.39, 0.29) is 10.6 Å². The van der Waals surface area contributed by atoms with Gasteiger partial charge in [-0.1, -0.05) is 18.2 Å². The van der Waals surface area contributed by atoms with Crippen molar-refractivity contribution in [2.24, 2.45) is 0 Å². The Kier molecular flexibility index (Phi) is 5.09. The average Bonchev–Trinajstić information content (AvgIpc) is 3.04. The van der Waals surface area contributed by atoms with Crippen LogP contribution in [0.1, 0.15) is 24.4 Å². The van der Waals surface area contributed by atoms with Crippen molar-refractivity contribution in [3.8, 4) is 0 Å². The predicted molar refractivity (Wildman–Crippen MR) is 105 cm³/mol. The van der Waals surface area contributed by atoms with Crippen molar-refractivity contribution in [2.75, 3.05) is 18.0 Å². The Morgan fingerprint density at radius 3 is 2.48 bits per heavy atom. The molecule has 3 rings (SSSR count). The maximum absolute atomic E-state index is 10.9. The summed E-state index contributed by atoms with van der Waals surface area (Å²) in [4.78, 5) is 17.3. The molecule has 25 heavy (non-hydrogen) atoms. The zero-order chi connectivity index (χ0) is 17.8. The number of aromatic nitrogens is 1. The van der Waals surface area contributed by atoms with Gasteiger partial charge in [0.2, 0.25) is 0 Å². The molecule has 5 nitrogen and oxygen atoms in total. The highest BCUT2D eigenvalue weighted by Gasteiger charge is 2.09. The summed E-state index contributed by atoms with van der Waals surface area (Å²) in [6.07, 6.45) is 3.96. The summed E-state index contributed by atoms with van der Waals surface area (Å²) in [6.45, 7) is 6.27. The molecule has 0 bridgehead atoms.